The molecular weight excluding hydrogens is 316 g/mol. The zero-order chi connectivity index (χ0) is 17.9. The molecule has 8 heteroatoms. The molecule has 2 fully saturated rings. The van der Waals surface area contributed by atoms with Crippen molar-refractivity contribution >= 4 is 11.9 Å². The Morgan fingerprint density at radius 3 is 2.67 bits per heavy atom. The van der Waals surface area contributed by atoms with Gasteiger partial charge in [0.15, 0.2) is 6.10 Å². The number of rotatable bonds is 5. The number of ether oxygens (including phenoxy) is 1. The van der Waals surface area contributed by atoms with E-state index >= 15 is 0 Å². The lowest BCUT2D eigenvalue weighted by molar-refractivity contribution is -0.165. The van der Waals surface area contributed by atoms with Crippen molar-refractivity contribution in [1.82, 2.24) is 10.2 Å². The Hall–Kier alpha value is -2.06. The van der Waals surface area contributed by atoms with E-state index in [4.69, 9.17) is 14.9 Å². The van der Waals surface area contributed by atoms with Crippen molar-refractivity contribution in [1.29, 1.82) is 0 Å². The molecule has 0 spiro atoms. The number of carbonyl (C=O) groups excluding carboxylic acids is 2. The summed E-state index contributed by atoms with van der Waals surface area (Å²) in [5, 5.41) is 28.1. The fourth-order valence-corrected chi connectivity index (χ4v) is 2.77. The van der Waals surface area contributed by atoms with Gasteiger partial charge in [-0.1, -0.05) is 12.8 Å². The molecule has 1 atom stereocenters. The summed E-state index contributed by atoms with van der Waals surface area (Å²) in [6, 6.07) is 0.171. The molecule has 1 saturated carbocycles. The topological polar surface area (TPSA) is 119 Å². The Morgan fingerprint density at radius 2 is 2.04 bits per heavy atom. The van der Waals surface area contributed by atoms with E-state index in [0.717, 1.165) is 39.1 Å². The van der Waals surface area contributed by atoms with Crippen molar-refractivity contribution in [2.75, 3.05) is 26.7 Å². The van der Waals surface area contributed by atoms with Crippen LogP contribution in [0, 0.1) is 0 Å². The van der Waals surface area contributed by atoms with Gasteiger partial charge in [0.25, 0.3) is 5.91 Å². The largest absolute Gasteiger partial charge is 0.516 e. The van der Waals surface area contributed by atoms with E-state index in [2.05, 4.69) is 5.32 Å². The van der Waals surface area contributed by atoms with E-state index in [1.54, 1.807) is 4.90 Å². The highest BCUT2D eigenvalue weighted by Gasteiger charge is 2.33. The van der Waals surface area contributed by atoms with Gasteiger partial charge < -0.3 is 25.4 Å². The Bertz CT molecular complexity index is 471. The second kappa shape index (κ2) is 10.7. The molecule has 1 aliphatic heterocycles. The van der Waals surface area contributed by atoms with Crippen molar-refractivity contribution < 1.29 is 29.6 Å². The molecule has 0 aromatic carbocycles. The van der Waals surface area contributed by atoms with Crippen LogP contribution < -0.4 is 5.32 Å². The minimum absolute atomic E-state index is 0.00467. The number of aliphatic hydroxyl groups is 3. The maximum Gasteiger partial charge on any atom is 0.320 e. The summed E-state index contributed by atoms with van der Waals surface area (Å²) in [4.78, 5) is 25.4. The van der Waals surface area contributed by atoms with Gasteiger partial charge in [0, 0.05) is 19.7 Å². The Kier molecular flexibility index (Phi) is 8.88. The van der Waals surface area contributed by atoms with Gasteiger partial charge in [-0.25, -0.2) is 0 Å². The Balaban J connectivity index is 0.00000139. The van der Waals surface area contributed by atoms with Gasteiger partial charge in [-0.15, -0.1) is 0 Å². The number of cyclic esters (lactones) is 1. The van der Waals surface area contributed by atoms with Gasteiger partial charge in [-0.05, 0) is 25.0 Å². The van der Waals surface area contributed by atoms with Crippen LogP contribution in [-0.4, -0.2) is 71.0 Å². The number of hydrogen-bond acceptors (Lipinski definition) is 7. The molecule has 0 radical (unpaired) electrons. The van der Waals surface area contributed by atoms with Crippen molar-refractivity contribution in [2.45, 2.75) is 37.8 Å². The summed E-state index contributed by atoms with van der Waals surface area (Å²) < 4.78 is 5.10. The first kappa shape index (κ1) is 20.0. The normalized spacial score (nSPS) is 22.8. The van der Waals surface area contributed by atoms with Gasteiger partial charge in [-0.3, -0.25) is 14.5 Å². The number of nitrogens with one attached hydrogen (secondary N) is 1. The van der Waals surface area contributed by atoms with E-state index in [1.807, 2.05) is 0 Å². The molecule has 0 aromatic rings. The van der Waals surface area contributed by atoms with Crippen molar-refractivity contribution in [3.63, 3.8) is 0 Å². The van der Waals surface area contributed by atoms with E-state index < -0.39 is 12.1 Å². The number of allylic oxidation sites excluding steroid dienone is 2. The van der Waals surface area contributed by atoms with Gasteiger partial charge >= 0.3 is 5.97 Å². The molecule has 1 saturated heterocycles. The second-order valence-electron chi connectivity index (χ2n) is 5.64. The van der Waals surface area contributed by atoms with Crippen LogP contribution in [0.3, 0.4) is 0 Å². The molecule has 1 aliphatic carbocycles. The molecule has 1 unspecified atom stereocenters. The molecule has 136 valence electrons. The fourth-order valence-electron chi connectivity index (χ4n) is 2.77. The summed E-state index contributed by atoms with van der Waals surface area (Å²) >= 11 is 0. The number of aliphatic hydroxyl groups excluding tert-OH is 3. The SMILES string of the molecule is CO.O=C1CN(C/C(O)=C/C=C\O)CC(C(=O)NC2CCCC2)O1. The van der Waals surface area contributed by atoms with E-state index in [9.17, 15) is 14.7 Å². The summed E-state index contributed by atoms with van der Waals surface area (Å²) in [7, 11) is 1.00. The van der Waals surface area contributed by atoms with Crippen LogP contribution in [-0.2, 0) is 14.3 Å². The van der Waals surface area contributed by atoms with Crippen LogP contribution in [0.15, 0.2) is 24.2 Å². The molecule has 8 nitrogen and oxygen atoms in total. The minimum Gasteiger partial charge on any atom is -0.516 e. The first-order chi connectivity index (χ1) is 11.6. The Labute approximate surface area is 141 Å². The molecule has 4 N–H and O–H groups in total. The fraction of sp³-hybridized carbons (Fsp3) is 0.625. The van der Waals surface area contributed by atoms with Crippen molar-refractivity contribution in [3.05, 3.63) is 24.2 Å². The lowest BCUT2D eigenvalue weighted by atomic mass is 10.2. The van der Waals surface area contributed by atoms with E-state index in [-0.39, 0.29) is 37.3 Å². The van der Waals surface area contributed by atoms with Crippen LogP contribution in [0.2, 0.25) is 0 Å². The van der Waals surface area contributed by atoms with E-state index in [0.29, 0.717) is 0 Å². The number of carbonyl (C=O) groups is 2. The highest BCUT2D eigenvalue weighted by Crippen LogP contribution is 2.18. The van der Waals surface area contributed by atoms with Crippen LogP contribution in [0.25, 0.3) is 0 Å². The van der Waals surface area contributed by atoms with Gasteiger partial charge in [-0.2, -0.15) is 0 Å². The predicted molar refractivity (Wildman–Crippen MR) is 87.3 cm³/mol. The number of esters is 1. The predicted octanol–water partition coefficient (Wildman–Crippen LogP) is 0.395. The standard InChI is InChI=1S/C15H22N2O5.CH4O/c18-7-3-6-12(19)8-17-9-13(22-14(20)10-17)15(21)16-11-4-1-2-5-11;1-2/h3,6-7,11,13,18-19H,1-2,4-5,8-10H2,(H,16,21);2H,1H3/b7-3-,12-6-;. The van der Waals surface area contributed by atoms with E-state index in [1.165, 1.54) is 12.2 Å². The van der Waals surface area contributed by atoms with Crippen molar-refractivity contribution in [2.24, 2.45) is 0 Å². The minimum atomic E-state index is -0.844. The third kappa shape index (κ3) is 6.59. The smallest absolute Gasteiger partial charge is 0.320 e. The Morgan fingerprint density at radius 1 is 1.38 bits per heavy atom. The lowest BCUT2D eigenvalue weighted by Crippen LogP contribution is -2.53. The van der Waals surface area contributed by atoms with Gasteiger partial charge in [0.2, 0.25) is 0 Å². The summed E-state index contributed by atoms with van der Waals surface area (Å²) in [6.45, 7) is 0.381. The van der Waals surface area contributed by atoms with Gasteiger partial charge in [0.05, 0.1) is 19.4 Å². The van der Waals surface area contributed by atoms with Crippen molar-refractivity contribution in [3.8, 4) is 0 Å². The van der Waals surface area contributed by atoms with Crippen LogP contribution in [0.4, 0.5) is 0 Å². The molecular formula is C16H26N2O6. The first-order valence-corrected chi connectivity index (χ1v) is 7.94. The second-order valence-corrected chi connectivity index (χ2v) is 5.64. The number of morpholine rings is 1. The number of nitrogens with zero attached hydrogens (tertiary/aromatic N) is 1. The number of amides is 1. The van der Waals surface area contributed by atoms with Crippen LogP contribution in [0.5, 0.6) is 0 Å². The quantitative estimate of drug-likeness (QED) is 0.324. The first-order valence-electron chi connectivity index (χ1n) is 7.94. The molecule has 1 amide bonds. The monoisotopic (exact) mass is 342 g/mol. The zero-order valence-corrected chi connectivity index (χ0v) is 13.9. The molecule has 0 bridgehead atoms. The zero-order valence-electron chi connectivity index (χ0n) is 13.9. The molecule has 1 heterocycles. The molecule has 0 aromatic heterocycles. The highest BCUT2D eigenvalue weighted by atomic mass is 16.6. The van der Waals surface area contributed by atoms with Crippen LogP contribution >= 0.6 is 0 Å². The number of hydrogen-bond donors (Lipinski definition) is 4. The average Bonchev–Trinajstić information content (AvgIpc) is 3.07. The molecule has 2 rings (SSSR count). The molecule has 2 aliphatic rings. The summed E-state index contributed by atoms with van der Waals surface area (Å²) in [6.07, 6.45) is 6.72. The van der Waals surface area contributed by atoms with Crippen LogP contribution in [0.1, 0.15) is 25.7 Å². The summed E-state index contributed by atoms with van der Waals surface area (Å²) in [5.41, 5.74) is 0. The maximum absolute atomic E-state index is 12.2. The third-order valence-electron chi connectivity index (χ3n) is 3.80. The lowest BCUT2D eigenvalue weighted by Gasteiger charge is -2.31. The van der Waals surface area contributed by atoms with Gasteiger partial charge in [0.1, 0.15) is 5.76 Å². The highest BCUT2D eigenvalue weighted by molar-refractivity contribution is 5.85. The third-order valence-corrected chi connectivity index (χ3v) is 3.80. The molecule has 24 heavy (non-hydrogen) atoms. The average molecular weight is 342 g/mol. The maximum atomic E-state index is 12.2. The summed E-state index contributed by atoms with van der Waals surface area (Å²) in [5.74, 6) is -0.762.